The minimum absolute atomic E-state index is 0.0290. The van der Waals surface area contributed by atoms with Crippen molar-refractivity contribution in [3.8, 4) is 11.4 Å². The molecule has 0 unspecified atom stereocenters. The zero-order valence-corrected chi connectivity index (χ0v) is 17.5. The van der Waals surface area contributed by atoms with Crippen LogP contribution < -0.4 is 5.32 Å². The zero-order chi connectivity index (χ0) is 20.9. The average molecular weight is 412 g/mol. The van der Waals surface area contributed by atoms with Crippen LogP contribution >= 0.6 is 0 Å². The lowest BCUT2D eigenvalue weighted by Crippen LogP contribution is -2.42. The molecular formula is C22H29N5O3. The number of nitrogens with zero attached hydrogens (tertiary/aromatic N) is 4. The van der Waals surface area contributed by atoms with Crippen LogP contribution in [-0.4, -0.2) is 64.5 Å². The first-order valence-electron chi connectivity index (χ1n) is 10.8. The van der Waals surface area contributed by atoms with Crippen molar-refractivity contribution >= 4 is 11.8 Å². The largest absolute Gasteiger partial charge is 0.354 e. The van der Waals surface area contributed by atoms with Crippen LogP contribution in [0.1, 0.15) is 37.1 Å². The van der Waals surface area contributed by atoms with E-state index in [0.717, 1.165) is 44.5 Å². The number of rotatable bonds is 7. The third-order valence-corrected chi connectivity index (χ3v) is 5.95. The van der Waals surface area contributed by atoms with Crippen molar-refractivity contribution in [2.24, 2.45) is 5.92 Å². The molecule has 1 aromatic carbocycles. The number of piperidine rings is 1. The van der Waals surface area contributed by atoms with E-state index < -0.39 is 0 Å². The number of aryl methyl sites for hydroxylation is 1. The van der Waals surface area contributed by atoms with E-state index in [4.69, 9.17) is 4.52 Å². The maximum absolute atomic E-state index is 12.4. The number of amides is 2. The van der Waals surface area contributed by atoms with Crippen molar-refractivity contribution in [2.75, 3.05) is 32.7 Å². The Labute approximate surface area is 176 Å². The van der Waals surface area contributed by atoms with Gasteiger partial charge >= 0.3 is 0 Å². The first-order valence-corrected chi connectivity index (χ1v) is 10.8. The summed E-state index contributed by atoms with van der Waals surface area (Å²) in [5.41, 5.74) is 2.14. The molecule has 1 N–H and O–H groups in total. The van der Waals surface area contributed by atoms with Crippen LogP contribution in [0.4, 0.5) is 0 Å². The minimum atomic E-state index is 0.0290. The molecule has 2 aliphatic heterocycles. The molecule has 30 heavy (non-hydrogen) atoms. The van der Waals surface area contributed by atoms with Gasteiger partial charge in [-0.2, -0.15) is 4.98 Å². The predicted molar refractivity (Wildman–Crippen MR) is 111 cm³/mol. The Morgan fingerprint density at radius 3 is 2.67 bits per heavy atom. The molecule has 0 radical (unpaired) electrons. The molecule has 2 fully saturated rings. The van der Waals surface area contributed by atoms with E-state index in [1.165, 1.54) is 5.56 Å². The van der Waals surface area contributed by atoms with Gasteiger partial charge in [-0.05, 0) is 39.3 Å². The van der Waals surface area contributed by atoms with E-state index in [9.17, 15) is 9.59 Å². The number of nitrogens with one attached hydrogen (secondary N) is 1. The summed E-state index contributed by atoms with van der Waals surface area (Å²) in [5.74, 6) is 1.53. The molecule has 0 saturated carbocycles. The Morgan fingerprint density at radius 1 is 1.20 bits per heavy atom. The smallest absolute Gasteiger partial charge is 0.241 e. The van der Waals surface area contributed by atoms with Gasteiger partial charge in [-0.15, -0.1) is 0 Å². The number of carbonyl (C=O) groups excluding carboxylic acids is 2. The van der Waals surface area contributed by atoms with Gasteiger partial charge in [0.05, 0.1) is 6.54 Å². The minimum Gasteiger partial charge on any atom is -0.354 e. The average Bonchev–Trinajstić information content (AvgIpc) is 3.38. The van der Waals surface area contributed by atoms with Crippen LogP contribution in [0, 0.1) is 12.8 Å². The second-order valence-corrected chi connectivity index (χ2v) is 8.20. The van der Waals surface area contributed by atoms with Crippen molar-refractivity contribution in [1.82, 2.24) is 25.3 Å². The van der Waals surface area contributed by atoms with Crippen molar-refractivity contribution in [2.45, 2.75) is 39.2 Å². The molecule has 2 saturated heterocycles. The highest BCUT2D eigenvalue weighted by molar-refractivity contribution is 5.79. The molecule has 3 heterocycles. The highest BCUT2D eigenvalue weighted by Gasteiger charge is 2.26. The maximum atomic E-state index is 12.4. The summed E-state index contributed by atoms with van der Waals surface area (Å²) in [6.07, 6.45) is 3.19. The van der Waals surface area contributed by atoms with E-state index >= 15 is 0 Å². The van der Waals surface area contributed by atoms with Gasteiger partial charge in [0.15, 0.2) is 0 Å². The molecule has 8 nitrogen and oxygen atoms in total. The Bertz CT molecular complexity index is 871. The SMILES string of the molecule is Cc1ccc(-c2noc(CN3CCC(C(=O)NCCN4CCCC4=O)CC3)n2)cc1. The summed E-state index contributed by atoms with van der Waals surface area (Å²) in [7, 11) is 0. The highest BCUT2D eigenvalue weighted by atomic mass is 16.5. The highest BCUT2D eigenvalue weighted by Crippen LogP contribution is 2.21. The Hall–Kier alpha value is -2.74. The molecule has 0 bridgehead atoms. The molecule has 4 rings (SSSR count). The number of hydrogen-bond donors (Lipinski definition) is 1. The standard InChI is InChI=1S/C22H29N5O3/c1-16-4-6-17(7-5-16)21-24-19(30-25-21)15-26-12-8-18(9-13-26)22(29)23-10-14-27-11-2-3-20(27)28/h4-7,18H,2-3,8-15H2,1H3,(H,23,29). The summed E-state index contributed by atoms with van der Waals surface area (Å²) in [6, 6.07) is 8.05. The Kier molecular flexibility index (Phi) is 6.42. The van der Waals surface area contributed by atoms with Gasteiger partial charge in [-0.3, -0.25) is 14.5 Å². The van der Waals surface area contributed by atoms with E-state index in [1.807, 2.05) is 36.1 Å². The van der Waals surface area contributed by atoms with E-state index in [0.29, 0.717) is 37.8 Å². The summed E-state index contributed by atoms with van der Waals surface area (Å²) in [6.45, 7) is 6.26. The fraction of sp³-hybridized carbons (Fsp3) is 0.545. The van der Waals surface area contributed by atoms with Crippen molar-refractivity contribution in [3.63, 3.8) is 0 Å². The number of carbonyl (C=O) groups is 2. The molecule has 0 atom stereocenters. The second kappa shape index (κ2) is 9.38. The molecule has 1 aromatic heterocycles. The predicted octanol–water partition coefficient (Wildman–Crippen LogP) is 2.00. The number of aromatic nitrogens is 2. The summed E-state index contributed by atoms with van der Waals surface area (Å²) in [5, 5.41) is 7.09. The maximum Gasteiger partial charge on any atom is 0.241 e. The Balaban J connectivity index is 1.19. The molecule has 0 aliphatic carbocycles. The molecule has 2 aromatic rings. The van der Waals surface area contributed by atoms with Crippen LogP contribution in [0.5, 0.6) is 0 Å². The van der Waals surface area contributed by atoms with Crippen LogP contribution in [0.15, 0.2) is 28.8 Å². The van der Waals surface area contributed by atoms with E-state index in [2.05, 4.69) is 20.4 Å². The van der Waals surface area contributed by atoms with Gasteiger partial charge in [0, 0.05) is 37.5 Å². The van der Waals surface area contributed by atoms with Crippen molar-refractivity contribution in [1.29, 1.82) is 0 Å². The van der Waals surface area contributed by atoms with Crippen LogP contribution in [0.25, 0.3) is 11.4 Å². The van der Waals surface area contributed by atoms with Crippen LogP contribution in [-0.2, 0) is 16.1 Å². The molecule has 160 valence electrons. The third kappa shape index (κ3) is 5.05. The molecule has 2 aliphatic rings. The molecule has 2 amide bonds. The lowest BCUT2D eigenvalue weighted by molar-refractivity contribution is -0.129. The summed E-state index contributed by atoms with van der Waals surface area (Å²) < 4.78 is 5.42. The van der Waals surface area contributed by atoms with Gasteiger partial charge in [0.1, 0.15) is 0 Å². The zero-order valence-electron chi connectivity index (χ0n) is 17.5. The van der Waals surface area contributed by atoms with Gasteiger partial charge in [-0.1, -0.05) is 35.0 Å². The molecule has 8 heteroatoms. The van der Waals surface area contributed by atoms with Gasteiger partial charge in [0.25, 0.3) is 0 Å². The first kappa shape index (κ1) is 20.5. The monoisotopic (exact) mass is 411 g/mol. The molecular weight excluding hydrogens is 382 g/mol. The molecule has 0 spiro atoms. The Morgan fingerprint density at radius 2 is 1.97 bits per heavy atom. The lowest BCUT2D eigenvalue weighted by atomic mass is 9.96. The number of benzene rings is 1. The lowest BCUT2D eigenvalue weighted by Gasteiger charge is -2.30. The van der Waals surface area contributed by atoms with Crippen LogP contribution in [0.3, 0.4) is 0 Å². The fourth-order valence-corrected chi connectivity index (χ4v) is 4.08. The second-order valence-electron chi connectivity index (χ2n) is 8.20. The van der Waals surface area contributed by atoms with Crippen molar-refractivity contribution in [3.05, 3.63) is 35.7 Å². The van der Waals surface area contributed by atoms with Crippen molar-refractivity contribution < 1.29 is 14.1 Å². The van der Waals surface area contributed by atoms with Gasteiger partial charge in [-0.25, -0.2) is 0 Å². The quantitative estimate of drug-likeness (QED) is 0.749. The van der Waals surface area contributed by atoms with Gasteiger partial charge < -0.3 is 14.7 Å². The van der Waals surface area contributed by atoms with E-state index in [1.54, 1.807) is 0 Å². The van der Waals surface area contributed by atoms with Crippen LogP contribution in [0.2, 0.25) is 0 Å². The number of likely N-dealkylation sites (tertiary alicyclic amines) is 2. The normalized spacial score (nSPS) is 18.2. The number of hydrogen-bond acceptors (Lipinski definition) is 6. The first-order chi connectivity index (χ1) is 14.6. The third-order valence-electron chi connectivity index (χ3n) is 5.95. The fourth-order valence-electron chi connectivity index (χ4n) is 4.08. The topological polar surface area (TPSA) is 91.6 Å². The summed E-state index contributed by atoms with van der Waals surface area (Å²) in [4.78, 5) is 32.6. The van der Waals surface area contributed by atoms with E-state index in [-0.39, 0.29) is 17.7 Å². The van der Waals surface area contributed by atoms with Gasteiger partial charge in [0.2, 0.25) is 23.5 Å². The summed E-state index contributed by atoms with van der Waals surface area (Å²) >= 11 is 0.